The van der Waals surface area contributed by atoms with Crippen molar-refractivity contribution in [3.8, 4) is 0 Å². The summed E-state index contributed by atoms with van der Waals surface area (Å²) in [4.78, 5) is 49.7. The molecule has 2 aromatic carbocycles. The van der Waals surface area contributed by atoms with E-state index in [4.69, 9.17) is 4.74 Å². The SMILES string of the molecule is CCC(OC(=O)C1CC(=O)N(NC(=O)c2ccc(C)cc2)C1)C(=O)c1ccccc1. The number of hydrogen-bond donors (Lipinski definition) is 1. The van der Waals surface area contributed by atoms with Crippen LogP contribution in [0.3, 0.4) is 0 Å². The first kappa shape index (κ1) is 21.2. The minimum Gasteiger partial charge on any atom is -0.454 e. The molecule has 2 amide bonds. The lowest BCUT2D eigenvalue weighted by Gasteiger charge is -2.19. The zero-order valence-corrected chi connectivity index (χ0v) is 17.0. The molecule has 2 unspecified atom stereocenters. The molecule has 7 nitrogen and oxygen atoms in total. The van der Waals surface area contributed by atoms with Crippen LogP contribution in [0.25, 0.3) is 0 Å². The predicted molar refractivity (Wildman–Crippen MR) is 109 cm³/mol. The smallest absolute Gasteiger partial charge is 0.312 e. The van der Waals surface area contributed by atoms with Gasteiger partial charge in [-0.25, -0.2) is 0 Å². The first-order valence-corrected chi connectivity index (χ1v) is 9.86. The lowest BCUT2D eigenvalue weighted by Crippen LogP contribution is -2.43. The van der Waals surface area contributed by atoms with Gasteiger partial charge in [-0.2, -0.15) is 0 Å². The number of nitrogens with one attached hydrogen (secondary N) is 1. The Morgan fingerprint density at radius 1 is 1.07 bits per heavy atom. The summed E-state index contributed by atoms with van der Waals surface area (Å²) in [5.74, 6) is -2.44. The highest BCUT2D eigenvalue weighted by molar-refractivity contribution is 6.01. The summed E-state index contributed by atoms with van der Waals surface area (Å²) < 4.78 is 5.42. The number of ketones is 1. The molecule has 7 heteroatoms. The number of rotatable bonds is 7. The third-order valence-corrected chi connectivity index (χ3v) is 4.99. The minimum absolute atomic E-state index is 0.00519. The van der Waals surface area contributed by atoms with Crippen LogP contribution in [0.4, 0.5) is 0 Å². The highest BCUT2D eigenvalue weighted by Crippen LogP contribution is 2.20. The lowest BCUT2D eigenvalue weighted by molar-refractivity contribution is -0.151. The Bertz CT molecular complexity index is 940. The molecule has 30 heavy (non-hydrogen) atoms. The zero-order chi connectivity index (χ0) is 21.7. The van der Waals surface area contributed by atoms with Crippen LogP contribution in [-0.4, -0.2) is 41.2 Å². The molecule has 0 radical (unpaired) electrons. The second-order valence-corrected chi connectivity index (χ2v) is 7.28. The van der Waals surface area contributed by atoms with E-state index in [2.05, 4.69) is 5.43 Å². The van der Waals surface area contributed by atoms with Crippen LogP contribution >= 0.6 is 0 Å². The van der Waals surface area contributed by atoms with Crippen molar-refractivity contribution in [1.82, 2.24) is 10.4 Å². The number of hydrazine groups is 1. The molecule has 1 fully saturated rings. The predicted octanol–water partition coefficient (Wildman–Crippen LogP) is 2.69. The molecule has 0 spiro atoms. The van der Waals surface area contributed by atoms with Gasteiger partial charge in [0.1, 0.15) is 0 Å². The van der Waals surface area contributed by atoms with Gasteiger partial charge in [0.05, 0.1) is 12.5 Å². The van der Waals surface area contributed by atoms with Crippen molar-refractivity contribution < 1.29 is 23.9 Å². The number of benzene rings is 2. The van der Waals surface area contributed by atoms with Crippen LogP contribution in [0.2, 0.25) is 0 Å². The largest absolute Gasteiger partial charge is 0.454 e. The van der Waals surface area contributed by atoms with Crippen LogP contribution < -0.4 is 5.43 Å². The monoisotopic (exact) mass is 408 g/mol. The van der Waals surface area contributed by atoms with Gasteiger partial charge in [-0.3, -0.25) is 29.6 Å². The first-order chi connectivity index (χ1) is 14.4. The van der Waals surface area contributed by atoms with E-state index >= 15 is 0 Å². The van der Waals surface area contributed by atoms with Gasteiger partial charge in [-0.15, -0.1) is 0 Å². The standard InChI is InChI=1S/C23H24N2O5/c1-3-19(21(27)16-7-5-4-6-8-16)30-23(29)18-13-20(26)25(14-18)24-22(28)17-11-9-15(2)10-12-17/h4-12,18-19H,3,13-14H2,1-2H3,(H,24,28). The van der Waals surface area contributed by atoms with Gasteiger partial charge in [-0.1, -0.05) is 55.0 Å². The van der Waals surface area contributed by atoms with E-state index in [1.54, 1.807) is 61.5 Å². The van der Waals surface area contributed by atoms with Crippen LogP contribution in [0, 0.1) is 12.8 Å². The summed E-state index contributed by atoms with van der Waals surface area (Å²) in [5, 5.41) is 1.13. The van der Waals surface area contributed by atoms with E-state index in [1.165, 1.54) is 0 Å². The fraction of sp³-hybridized carbons (Fsp3) is 0.304. The minimum atomic E-state index is -0.911. The van der Waals surface area contributed by atoms with Gasteiger partial charge in [0.2, 0.25) is 11.7 Å². The van der Waals surface area contributed by atoms with Gasteiger partial charge in [-0.05, 0) is 25.5 Å². The van der Waals surface area contributed by atoms with E-state index in [0.717, 1.165) is 10.6 Å². The maximum absolute atomic E-state index is 12.6. The van der Waals surface area contributed by atoms with E-state index in [-0.39, 0.29) is 24.7 Å². The third-order valence-electron chi connectivity index (χ3n) is 4.99. The summed E-state index contributed by atoms with van der Waals surface area (Å²) in [7, 11) is 0. The lowest BCUT2D eigenvalue weighted by atomic mass is 10.0. The zero-order valence-electron chi connectivity index (χ0n) is 17.0. The fourth-order valence-electron chi connectivity index (χ4n) is 3.21. The van der Waals surface area contributed by atoms with Gasteiger partial charge in [0, 0.05) is 17.5 Å². The van der Waals surface area contributed by atoms with Crippen molar-refractivity contribution in [3.05, 3.63) is 71.3 Å². The van der Waals surface area contributed by atoms with Crippen molar-refractivity contribution in [1.29, 1.82) is 0 Å². The topological polar surface area (TPSA) is 92.8 Å². The number of hydrogen-bond acceptors (Lipinski definition) is 5. The maximum atomic E-state index is 12.6. The maximum Gasteiger partial charge on any atom is 0.312 e. The molecule has 3 rings (SSSR count). The molecule has 0 bridgehead atoms. The number of carbonyl (C=O) groups excluding carboxylic acids is 4. The molecule has 156 valence electrons. The molecule has 1 heterocycles. The normalized spacial score (nSPS) is 16.8. The Hall–Kier alpha value is -3.48. The van der Waals surface area contributed by atoms with Crippen molar-refractivity contribution in [2.45, 2.75) is 32.8 Å². The molecule has 1 aliphatic rings. The highest BCUT2D eigenvalue weighted by atomic mass is 16.5. The molecule has 2 atom stereocenters. The van der Waals surface area contributed by atoms with E-state index in [1.807, 2.05) is 6.92 Å². The van der Waals surface area contributed by atoms with Gasteiger partial charge >= 0.3 is 5.97 Å². The number of carbonyl (C=O) groups is 4. The van der Waals surface area contributed by atoms with Crippen LogP contribution in [0.5, 0.6) is 0 Å². The summed E-state index contributed by atoms with van der Waals surface area (Å²) in [6, 6.07) is 15.5. The fourth-order valence-corrected chi connectivity index (χ4v) is 3.21. The molecule has 0 aromatic heterocycles. The molecule has 0 aliphatic carbocycles. The van der Waals surface area contributed by atoms with E-state index < -0.39 is 23.9 Å². The average Bonchev–Trinajstić information content (AvgIpc) is 3.12. The molecule has 1 aliphatic heterocycles. The molecule has 0 saturated carbocycles. The van der Waals surface area contributed by atoms with Gasteiger partial charge in [0.25, 0.3) is 5.91 Å². The second kappa shape index (κ2) is 9.35. The second-order valence-electron chi connectivity index (χ2n) is 7.28. The summed E-state index contributed by atoms with van der Waals surface area (Å²) in [6.07, 6.45) is -0.664. The highest BCUT2D eigenvalue weighted by Gasteiger charge is 2.38. The summed E-state index contributed by atoms with van der Waals surface area (Å²) in [6.45, 7) is 3.67. The Morgan fingerprint density at radius 3 is 2.37 bits per heavy atom. The average molecular weight is 408 g/mol. The summed E-state index contributed by atoms with van der Waals surface area (Å²) >= 11 is 0. The van der Waals surface area contributed by atoms with Crippen LogP contribution in [-0.2, 0) is 14.3 Å². The van der Waals surface area contributed by atoms with E-state index in [9.17, 15) is 19.2 Å². The molecule has 1 N–H and O–H groups in total. The van der Waals surface area contributed by atoms with Gasteiger partial charge in [0.15, 0.2) is 6.10 Å². The quantitative estimate of drug-likeness (QED) is 0.562. The Balaban J connectivity index is 1.59. The van der Waals surface area contributed by atoms with Crippen molar-refractivity contribution in [3.63, 3.8) is 0 Å². The Labute approximate surface area is 175 Å². The van der Waals surface area contributed by atoms with Gasteiger partial charge < -0.3 is 4.74 Å². The molecule has 1 saturated heterocycles. The number of ether oxygens (including phenoxy) is 1. The summed E-state index contributed by atoms with van der Waals surface area (Å²) in [5.41, 5.74) is 4.43. The number of esters is 1. The van der Waals surface area contributed by atoms with Crippen molar-refractivity contribution >= 4 is 23.6 Å². The van der Waals surface area contributed by atoms with Crippen LogP contribution in [0.15, 0.2) is 54.6 Å². The number of amides is 2. The van der Waals surface area contributed by atoms with Crippen LogP contribution in [0.1, 0.15) is 46.0 Å². The molecule has 2 aromatic rings. The number of nitrogens with zero attached hydrogens (tertiary/aromatic N) is 1. The Kier molecular flexibility index (Phi) is 6.61. The van der Waals surface area contributed by atoms with Crippen molar-refractivity contribution in [2.24, 2.45) is 5.92 Å². The third kappa shape index (κ3) is 4.92. The molecular formula is C23H24N2O5. The van der Waals surface area contributed by atoms with Crippen molar-refractivity contribution in [2.75, 3.05) is 6.54 Å². The van der Waals surface area contributed by atoms with E-state index in [0.29, 0.717) is 17.5 Å². The number of aryl methyl sites for hydroxylation is 1. The molecular weight excluding hydrogens is 384 g/mol. The first-order valence-electron chi connectivity index (χ1n) is 9.86. The Morgan fingerprint density at radius 2 is 1.73 bits per heavy atom. The number of Topliss-reactive ketones (excluding diaryl/α,β-unsaturated/α-hetero) is 1.